The zero-order valence-electron chi connectivity index (χ0n) is 13.1. The Morgan fingerprint density at radius 1 is 0.708 bits per heavy atom. The Bertz CT molecular complexity index is 809. The van der Waals surface area contributed by atoms with Crippen molar-refractivity contribution in [2.24, 2.45) is 0 Å². The Labute approximate surface area is 142 Å². The highest BCUT2D eigenvalue weighted by atomic mass is 32.2. The van der Waals surface area contributed by atoms with E-state index in [4.69, 9.17) is 0 Å². The van der Waals surface area contributed by atoms with Crippen molar-refractivity contribution in [2.45, 2.75) is 27.9 Å². The van der Waals surface area contributed by atoms with Gasteiger partial charge in [0.2, 0.25) is 10.0 Å². The molecule has 0 N–H and O–H groups in total. The standard InChI is InChI=1S/C17H19NO4S2/c19-23(20,15-7-3-1-4-8-15)16-11-13-18(14-12-16)24(21,22)17-9-5-2-6-10-17/h1-10,16H,11-14H2. The molecule has 1 aliphatic heterocycles. The van der Waals surface area contributed by atoms with Crippen molar-refractivity contribution < 1.29 is 16.8 Å². The van der Waals surface area contributed by atoms with E-state index in [0.29, 0.717) is 17.7 Å². The number of sulfone groups is 1. The van der Waals surface area contributed by atoms with E-state index in [-0.39, 0.29) is 18.0 Å². The molecule has 128 valence electrons. The van der Waals surface area contributed by atoms with E-state index in [1.54, 1.807) is 60.7 Å². The van der Waals surface area contributed by atoms with E-state index in [1.807, 2.05) is 0 Å². The van der Waals surface area contributed by atoms with Crippen LogP contribution in [-0.4, -0.2) is 39.5 Å². The molecule has 1 saturated heterocycles. The Hall–Kier alpha value is -1.70. The second-order valence-electron chi connectivity index (χ2n) is 5.77. The predicted octanol–water partition coefficient (Wildman–Crippen LogP) is 2.31. The van der Waals surface area contributed by atoms with Gasteiger partial charge in [0.1, 0.15) is 0 Å². The van der Waals surface area contributed by atoms with Crippen LogP contribution in [0.2, 0.25) is 0 Å². The Morgan fingerprint density at radius 3 is 1.67 bits per heavy atom. The van der Waals surface area contributed by atoms with Gasteiger partial charge in [0.25, 0.3) is 0 Å². The Balaban J connectivity index is 1.75. The third-order valence-corrected chi connectivity index (χ3v) is 8.48. The average Bonchev–Trinajstić information content (AvgIpc) is 2.63. The van der Waals surface area contributed by atoms with Crippen molar-refractivity contribution in [3.8, 4) is 0 Å². The predicted molar refractivity (Wildman–Crippen MR) is 91.9 cm³/mol. The lowest BCUT2D eigenvalue weighted by Gasteiger charge is -2.31. The molecule has 7 heteroatoms. The number of hydrogen-bond acceptors (Lipinski definition) is 4. The number of nitrogens with zero attached hydrogens (tertiary/aromatic N) is 1. The first-order valence-electron chi connectivity index (χ1n) is 7.76. The minimum atomic E-state index is -3.56. The molecule has 1 fully saturated rings. The molecule has 0 amide bonds. The maximum atomic E-state index is 12.6. The van der Waals surface area contributed by atoms with Crippen LogP contribution in [0.15, 0.2) is 70.5 Å². The first-order valence-corrected chi connectivity index (χ1v) is 10.7. The van der Waals surface area contributed by atoms with Gasteiger partial charge in [-0.25, -0.2) is 16.8 Å². The molecule has 1 heterocycles. The van der Waals surface area contributed by atoms with Crippen LogP contribution < -0.4 is 0 Å². The SMILES string of the molecule is O=S(=O)(c1ccccc1)C1CCN(S(=O)(=O)c2ccccc2)CC1. The molecule has 2 aromatic carbocycles. The molecule has 0 aromatic heterocycles. The molecule has 24 heavy (non-hydrogen) atoms. The fourth-order valence-electron chi connectivity index (χ4n) is 2.93. The number of benzene rings is 2. The first kappa shape index (κ1) is 17.1. The smallest absolute Gasteiger partial charge is 0.223 e. The van der Waals surface area contributed by atoms with Crippen LogP contribution in [0.3, 0.4) is 0 Å². The van der Waals surface area contributed by atoms with E-state index in [1.165, 1.54) is 4.31 Å². The molecule has 0 aliphatic carbocycles. The van der Waals surface area contributed by atoms with Gasteiger partial charge in [-0.15, -0.1) is 0 Å². The molecule has 0 spiro atoms. The van der Waals surface area contributed by atoms with Crippen LogP contribution in [-0.2, 0) is 19.9 Å². The van der Waals surface area contributed by atoms with Crippen LogP contribution in [0.25, 0.3) is 0 Å². The molecule has 2 aromatic rings. The molecule has 0 saturated carbocycles. The average molecular weight is 365 g/mol. The summed E-state index contributed by atoms with van der Waals surface area (Å²) in [5.41, 5.74) is 0. The number of hydrogen-bond donors (Lipinski definition) is 0. The summed E-state index contributed by atoms with van der Waals surface area (Å²) in [6, 6.07) is 16.6. The van der Waals surface area contributed by atoms with Crippen LogP contribution in [0.4, 0.5) is 0 Å². The monoisotopic (exact) mass is 365 g/mol. The summed E-state index contributed by atoms with van der Waals surface area (Å²) in [7, 11) is -6.97. The van der Waals surface area contributed by atoms with E-state index in [9.17, 15) is 16.8 Å². The molecule has 0 radical (unpaired) electrons. The van der Waals surface area contributed by atoms with Crippen LogP contribution in [0.1, 0.15) is 12.8 Å². The van der Waals surface area contributed by atoms with Crippen LogP contribution in [0.5, 0.6) is 0 Å². The van der Waals surface area contributed by atoms with Gasteiger partial charge in [-0.2, -0.15) is 4.31 Å². The molecular weight excluding hydrogens is 346 g/mol. The second-order valence-corrected chi connectivity index (χ2v) is 9.94. The second kappa shape index (κ2) is 6.66. The zero-order chi connectivity index (χ0) is 17.2. The molecule has 0 bridgehead atoms. The summed E-state index contributed by atoms with van der Waals surface area (Å²) in [5, 5.41) is -0.540. The fourth-order valence-corrected chi connectivity index (χ4v) is 6.17. The van der Waals surface area contributed by atoms with Gasteiger partial charge >= 0.3 is 0 Å². The van der Waals surface area contributed by atoms with Crippen molar-refractivity contribution in [3.05, 3.63) is 60.7 Å². The van der Waals surface area contributed by atoms with Crippen molar-refractivity contribution in [1.29, 1.82) is 0 Å². The summed E-state index contributed by atoms with van der Waals surface area (Å²) >= 11 is 0. The molecule has 1 aliphatic rings. The third kappa shape index (κ3) is 3.24. The highest BCUT2D eigenvalue weighted by Gasteiger charge is 2.35. The van der Waals surface area contributed by atoms with E-state index < -0.39 is 25.1 Å². The Kier molecular flexibility index (Phi) is 4.76. The maximum Gasteiger partial charge on any atom is 0.243 e. The van der Waals surface area contributed by atoms with Gasteiger partial charge in [0.15, 0.2) is 9.84 Å². The van der Waals surface area contributed by atoms with Crippen molar-refractivity contribution in [3.63, 3.8) is 0 Å². The third-order valence-electron chi connectivity index (χ3n) is 4.29. The van der Waals surface area contributed by atoms with Crippen molar-refractivity contribution >= 4 is 19.9 Å². The van der Waals surface area contributed by atoms with Crippen molar-refractivity contribution in [2.75, 3.05) is 13.1 Å². The maximum absolute atomic E-state index is 12.6. The fraction of sp³-hybridized carbons (Fsp3) is 0.294. The summed E-state index contributed by atoms with van der Waals surface area (Å²) in [6.07, 6.45) is 0.618. The lowest BCUT2D eigenvalue weighted by molar-refractivity contribution is 0.345. The summed E-state index contributed by atoms with van der Waals surface area (Å²) < 4.78 is 51.8. The van der Waals surface area contributed by atoms with Gasteiger partial charge in [-0.3, -0.25) is 0 Å². The molecule has 3 rings (SSSR count). The van der Waals surface area contributed by atoms with Gasteiger partial charge < -0.3 is 0 Å². The highest BCUT2D eigenvalue weighted by Crippen LogP contribution is 2.27. The van der Waals surface area contributed by atoms with E-state index in [2.05, 4.69) is 0 Å². The summed E-state index contributed by atoms with van der Waals surface area (Å²) in [6.45, 7) is 0.432. The molecule has 0 atom stereocenters. The minimum absolute atomic E-state index is 0.216. The van der Waals surface area contributed by atoms with Gasteiger partial charge in [0, 0.05) is 13.1 Å². The van der Waals surface area contributed by atoms with Crippen LogP contribution in [0, 0.1) is 0 Å². The lowest BCUT2D eigenvalue weighted by Crippen LogP contribution is -2.42. The topological polar surface area (TPSA) is 71.5 Å². The molecule has 5 nitrogen and oxygen atoms in total. The van der Waals surface area contributed by atoms with Gasteiger partial charge in [-0.1, -0.05) is 36.4 Å². The minimum Gasteiger partial charge on any atom is -0.223 e. The molecule has 0 unspecified atom stereocenters. The quantitative estimate of drug-likeness (QED) is 0.834. The zero-order valence-corrected chi connectivity index (χ0v) is 14.7. The number of sulfonamides is 1. The Morgan fingerprint density at radius 2 is 1.17 bits per heavy atom. The van der Waals surface area contributed by atoms with Crippen LogP contribution >= 0.6 is 0 Å². The largest absolute Gasteiger partial charge is 0.243 e. The van der Waals surface area contributed by atoms with Crippen molar-refractivity contribution in [1.82, 2.24) is 4.31 Å². The lowest BCUT2D eigenvalue weighted by atomic mass is 10.2. The number of piperidine rings is 1. The normalized spacial score (nSPS) is 17.7. The summed E-state index contributed by atoms with van der Waals surface area (Å²) in [5.74, 6) is 0. The number of rotatable bonds is 4. The molecular formula is C17H19NO4S2. The van der Waals surface area contributed by atoms with Gasteiger partial charge in [-0.05, 0) is 37.1 Å². The van der Waals surface area contributed by atoms with E-state index >= 15 is 0 Å². The first-order chi connectivity index (χ1) is 11.4. The van der Waals surface area contributed by atoms with E-state index in [0.717, 1.165) is 0 Å². The van der Waals surface area contributed by atoms with Gasteiger partial charge in [0.05, 0.1) is 15.0 Å². The highest BCUT2D eigenvalue weighted by molar-refractivity contribution is 7.92. The summed E-state index contributed by atoms with van der Waals surface area (Å²) in [4.78, 5) is 0.545.